The van der Waals surface area contributed by atoms with Crippen LogP contribution in [0.3, 0.4) is 0 Å². The molecule has 2 aromatic rings. The highest BCUT2D eigenvalue weighted by Gasteiger charge is 2.35. The van der Waals surface area contributed by atoms with Gasteiger partial charge in [-0.15, -0.1) is 0 Å². The van der Waals surface area contributed by atoms with Gasteiger partial charge < -0.3 is 19.5 Å². The lowest BCUT2D eigenvalue weighted by Gasteiger charge is -2.37. The van der Waals surface area contributed by atoms with Gasteiger partial charge in [0.15, 0.2) is 17.0 Å². The second-order valence-electron chi connectivity index (χ2n) is 7.45. The van der Waals surface area contributed by atoms with E-state index in [1.807, 2.05) is 4.57 Å². The Kier molecular flexibility index (Phi) is 4.94. The zero-order chi connectivity index (χ0) is 18.9. The summed E-state index contributed by atoms with van der Waals surface area (Å²) in [6.07, 6.45) is 6.36. The fraction of sp³-hybridized carbons (Fsp3) is 0.667. The number of amides is 1. The summed E-state index contributed by atoms with van der Waals surface area (Å²) < 4.78 is 22.6. The van der Waals surface area contributed by atoms with Crippen LogP contribution < -0.4 is 10.2 Å². The maximum Gasteiger partial charge on any atom is 0.216 e. The first-order chi connectivity index (χ1) is 13.0. The van der Waals surface area contributed by atoms with E-state index in [9.17, 15) is 9.18 Å². The molecule has 2 aliphatic heterocycles. The lowest BCUT2D eigenvalue weighted by atomic mass is 9.93. The van der Waals surface area contributed by atoms with E-state index in [0.29, 0.717) is 25.9 Å². The van der Waals surface area contributed by atoms with Crippen molar-refractivity contribution in [3.8, 4) is 0 Å². The highest BCUT2D eigenvalue weighted by atomic mass is 19.1. The van der Waals surface area contributed by atoms with E-state index in [1.165, 1.54) is 6.92 Å². The molecule has 9 heteroatoms. The van der Waals surface area contributed by atoms with Crippen molar-refractivity contribution in [2.75, 3.05) is 31.1 Å². The van der Waals surface area contributed by atoms with Crippen molar-refractivity contribution in [3.05, 3.63) is 12.7 Å². The molecule has 2 aromatic heterocycles. The number of nitrogens with zero attached hydrogens (tertiary/aromatic N) is 5. The first-order valence-electron chi connectivity index (χ1n) is 9.50. The molecule has 4 rings (SSSR count). The maximum absolute atomic E-state index is 14.9. The van der Waals surface area contributed by atoms with Gasteiger partial charge in [-0.1, -0.05) is 0 Å². The van der Waals surface area contributed by atoms with Crippen molar-refractivity contribution in [3.63, 3.8) is 0 Å². The van der Waals surface area contributed by atoms with Gasteiger partial charge in [0.2, 0.25) is 5.91 Å². The van der Waals surface area contributed by atoms with Gasteiger partial charge in [0.25, 0.3) is 0 Å². The first-order valence-corrected chi connectivity index (χ1v) is 9.50. The summed E-state index contributed by atoms with van der Waals surface area (Å²) in [5, 5.41) is 2.59. The standard InChI is InChI=1S/C18H25FN6O2/c1-13(26)20-10-18(19)4-6-24(7-5-18)16-15-17(22-11-21-16)25(12-23-15)9-14-3-2-8-27-14/h11-12,14H,2-10H2,1H3,(H,20,26). The van der Waals surface area contributed by atoms with Crippen LogP contribution in [0.2, 0.25) is 0 Å². The van der Waals surface area contributed by atoms with Crippen molar-refractivity contribution in [1.29, 1.82) is 0 Å². The minimum absolute atomic E-state index is 0.0609. The number of carbonyl (C=O) groups excluding carboxylic acids is 1. The number of hydrogen-bond acceptors (Lipinski definition) is 6. The topological polar surface area (TPSA) is 85.2 Å². The number of imidazole rings is 1. The number of fused-ring (bicyclic) bond motifs is 1. The summed E-state index contributed by atoms with van der Waals surface area (Å²) in [6, 6.07) is 0. The van der Waals surface area contributed by atoms with Crippen LogP contribution >= 0.6 is 0 Å². The van der Waals surface area contributed by atoms with E-state index in [2.05, 4.69) is 25.2 Å². The average molecular weight is 376 g/mol. The molecule has 0 aromatic carbocycles. The van der Waals surface area contributed by atoms with Gasteiger partial charge in [-0.25, -0.2) is 19.3 Å². The predicted octanol–water partition coefficient (Wildman–Crippen LogP) is 1.45. The van der Waals surface area contributed by atoms with Crippen molar-refractivity contribution in [2.24, 2.45) is 0 Å². The Bertz CT molecular complexity index is 811. The number of hydrogen-bond donors (Lipinski definition) is 1. The summed E-state index contributed by atoms with van der Waals surface area (Å²) in [5.41, 5.74) is 0.155. The quantitative estimate of drug-likeness (QED) is 0.850. The summed E-state index contributed by atoms with van der Waals surface area (Å²) in [6.45, 7) is 4.07. The van der Waals surface area contributed by atoms with Gasteiger partial charge in [-0.05, 0) is 12.8 Å². The summed E-state index contributed by atoms with van der Waals surface area (Å²) >= 11 is 0. The molecular weight excluding hydrogens is 351 g/mol. The zero-order valence-electron chi connectivity index (χ0n) is 15.5. The molecule has 0 spiro atoms. The molecule has 1 N–H and O–H groups in total. The molecule has 1 amide bonds. The second kappa shape index (κ2) is 7.38. The number of alkyl halides is 1. The third-order valence-electron chi connectivity index (χ3n) is 5.42. The average Bonchev–Trinajstić information content (AvgIpc) is 3.32. The van der Waals surface area contributed by atoms with Crippen LogP contribution in [0.25, 0.3) is 11.2 Å². The number of anilines is 1. The van der Waals surface area contributed by atoms with Crippen LogP contribution in [0.4, 0.5) is 10.2 Å². The van der Waals surface area contributed by atoms with Crippen molar-refractivity contribution < 1.29 is 13.9 Å². The lowest BCUT2D eigenvalue weighted by Crippen LogP contribution is -2.48. The van der Waals surface area contributed by atoms with Gasteiger partial charge in [0.1, 0.15) is 12.0 Å². The molecule has 1 unspecified atom stereocenters. The third-order valence-corrected chi connectivity index (χ3v) is 5.42. The Morgan fingerprint density at radius 3 is 2.89 bits per heavy atom. The highest BCUT2D eigenvalue weighted by molar-refractivity contribution is 5.83. The van der Waals surface area contributed by atoms with Gasteiger partial charge in [0, 0.05) is 39.5 Å². The molecule has 8 nitrogen and oxygen atoms in total. The number of piperidine rings is 1. The van der Waals surface area contributed by atoms with Gasteiger partial charge in [-0.3, -0.25) is 4.79 Å². The summed E-state index contributed by atoms with van der Waals surface area (Å²) in [7, 11) is 0. The van der Waals surface area contributed by atoms with Crippen molar-refractivity contribution in [2.45, 2.75) is 50.9 Å². The minimum Gasteiger partial charge on any atom is -0.376 e. The molecule has 0 radical (unpaired) electrons. The highest BCUT2D eigenvalue weighted by Crippen LogP contribution is 2.31. The van der Waals surface area contributed by atoms with E-state index in [0.717, 1.165) is 43.0 Å². The van der Waals surface area contributed by atoms with Crippen LogP contribution in [-0.4, -0.2) is 63.4 Å². The largest absolute Gasteiger partial charge is 0.376 e. The summed E-state index contributed by atoms with van der Waals surface area (Å²) in [4.78, 5) is 26.5. The van der Waals surface area contributed by atoms with Crippen LogP contribution in [0.15, 0.2) is 12.7 Å². The molecule has 4 heterocycles. The monoisotopic (exact) mass is 376 g/mol. The van der Waals surface area contributed by atoms with E-state index in [-0.39, 0.29) is 18.6 Å². The molecule has 2 aliphatic rings. The van der Waals surface area contributed by atoms with Gasteiger partial charge >= 0.3 is 0 Å². The Morgan fingerprint density at radius 2 is 2.19 bits per heavy atom. The van der Waals surface area contributed by atoms with Crippen LogP contribution in [0, 0.1) is 0 Å². The van der Waals surface area contributed by atoms with Crippen LogP contribution in [-0.2, 0) is 16.1 Å². The minimum atomic E-state index is -1.37. The fourth-order valence-corrected chi connectivity index (χ4v) is 3.82. The molecular formula is C18H25FN6O2. The number of carbonyl (C=O) groups is 1. The number of aromatic nitrogens is 4. The lowest BCUT2D eigenvalue weighted by molar-refractivity contribution is -0.119. The Hall–Kier alpha value is -2.29. The number of rotatable bonds is 5. The molecule has 0 saturated carbocycles. The van der Waals surface area contributed by atoms with Crippen molar-refractivity contribution in [1.82, 2.24) is 24.8 Å². The summed E-state index contributed by atoms with van der Waals surface area (Å²) in [5.74, 6) is 0.538. The van der Waals surface area contributed by atoms with E-state index in [4.69, 9.17) is 4.74 Å². The predicted molar refractivity (Wildman–Crippen MR) is 98.3 cm³/mol. The van der Waals surface area contributed by atoms with E-state index < -0.39 is 5.67 Å². The van der Waals surface area contributed by atoms with Gasteiger partial charge in [-0.2, -0.15) is 0 Å². The third kappa shape index (κ3) is 3.87. The molecule has 0 bridgehead atoms. The van der Waals surface area contributed by atoms with Gasteiger partial charge in [0.05, 0.1) is 25.5 Å². The van der Waals surface area contributed by atoms with E-state index in [1.54, 1.807) is 12.7 Å². The Labute approximate surface area is 157 Å². The molecule has 1 atom stereocenters. The Balaban J connectivity index is 1.48. The molecule has 2 saturated heterocycles. The zero-order valence-corrected chi connectivity index (χ0v) is 15.5. The second-order valence-corrected chi connectivity index (χ2v) is 7.45. The van der Waals surface area contributed by atoms with Crippen molar-refractivity contribution >= 4 is 22.9 Å². The normalized spacial score (nSPS) is 22.3. The molecule has 27 heavy (non-hydrogen) atoms. The maximum atomic E-state index is 14.9. The number of ether oxygens (including phenoxy) is 1. The SMILES string of the molecule is CC(=O)NCC1(F)CCN(c2ncnc3c2ncn3CC2CCCO2)CC1. The first kappa shape index (κ1) is 18.1. The van der Waals surface area contributed by atoms with Crippen LogP contribution in [0.5, 0.6) is 0 Å². The van der Waals surface area contributed by atoms with E-state index >= 15 is 0 Å². The number of nitrogens with one attached hydrogen (secondary N) is 1. The number of halogens is 1. The smallest absolute Gasteiger partial charge is 0.216 e. The molecule has 0 aliphatic carbocycles. The van der Waals surface area contributed by atoms with Crippen LogP contribution in [0.1, 0.15) is 32.6 Å². The molecule has 146 valence electrons. The Morgan fingerprint density at radius 1 is 1.37 bits per heavy atom. The molecule has 2 fully saturated rings. The fourth-order valence-electron chi connectivity index (χ4n) is 3.82.